The molecule has 0 radical (unpaired) electrons. The van der Waals surface area contributed by atoms with Crippen LogP contribution in [0.3, 0.4) is 0 Å². The normalized spacial score (nSPS) is 23.1. The summed E-state index contributed by atoms with van der Waals surface area (Å²) in [5, 5.41) is 2.01. The van der Waals surface area contributed by atoms with E-state index >= 15 is 0 Å². The molecule has 2 fully saturated rings. The van der Waals surface area contributed by atoms with Crippen LogP contribution in [0.25, 0.3) is 0 Å². The number of halogens is 2. The number of benzene rings is 1. The van der Waals surface area contributed by atoms with Gasteiger partial charge in [-0.1, -0.05) is 6.07 Å². The monoisotopic (exact) mass is 405 g/mol. The molecule has 1 aromatic carbocycles. The predicted octanol–water partition coefficient (Wildman–Crippen LogP) is 3.06. The zero-order valence-electron chi connectivity index (χ0n) is 15.2. The maximum atomic E-state index is 13.9. The lowest BCUT2D eigenvalue weighted by molar-refractivity contribution is -0.134. The van der Waals surface area contributed by atoms with E-state index < -0.39 is 17.6 Å². The van der Waals surface area contributed by atoms with Crippen LogP contribution in [-0.2, 0) is 4.79 Å². The third-order valence-corrected chi connectivity index (χ3v) is 6.45. The number of likely N-dealkylation sites (tertiary alicyclic amines) is 1. The number of carbonyl (C=O) groups excluding carboxylic acids is 2. The SMILES string of the molecule is O=C(c1cc(F)ccc1F)C1CCN(C(=O)C2CC(c3cccs3)NN2)CC1. The highest BCUT2D eigenvalue weighted by molar-refractivity contribution is 7.10. The molecule has 2 aliphatic heterocycles. The molecule has 2 unspecified atom stereocenters. The van der Waals surface area contributed by atoms with E-state index in [-0.39, 0.29) is 29.3 Å². The van der Waals surface area contributed by atoms with Gasteiger partial charge in [0, 0.05) is 23.9 Å². The van der Waals surface area contributed by atoms with Crippen LogP contribution >= 0.6 is 11.3 Å². The van der Waals surface area contributed by atoms with E-state index in [9.17, 15) is 18.4 Å². The van der Waals surface area contributed by atoms with Crippen molar-refractivity contribution in [1.29, 1.82) is 0 Å². The first kappa shape index (κ1) is 19.2. The number of carbonyl (C=O) groups is 2. The Bertz CT molecular complexity index is 866. The van der Waals surface area contributed by atoms with E-state index in [1.165, 1.54) is 4.88 Å². The zero-order valence-corrected chi connectivity index (χ0v) is 16.0. The largest absolute Gasteiger partial charge is 0.341 e. The first-order chi connectivity index (χ1) is 13.5. The van der Waals surface area contributed by atoms with Gasteiger partial charge in [0.2, 0.25) is 5.91 Å². The van der Waals surface area contributed by atoms with Gasteiger partial charge in [-0.05, 0) is 48.9 Å². The van der Waals surface area contributed by atoms with Crippen LogP contribution in [0.4, 0.5) is 8.78 Å². The molecule has 2 aromatic rings. The summed E-state index contributed by atoms with van der Waals surface area (Å²) in [5.41, 5.74) is 6.04. The highest BCUT2D eigenvalue weighted by Crippen LogP contribution is 2.28. The van der Waals surface area contributed by atoms with E-state index in [1.54, 1.807) is 16.2 Å². The van der Waals surface area contributed by atoms with Gasteiger partial charge in [0.1, 0.15) is 17.7 Å². The molecule has 0 aliphatic carbocycles. The van der Waals surface area contributed by atoms with E-state index in [1.807, 2.05) is 17.5 Å². The van der Waals surface area contributed by atoms with Crippen LogP contribution in [0.5, 0.6) is 0 Å². The Morgan fingerprint density at radius 3 is 2.61 bits per heavy atom. The van der Waals surface area contributed by atoms with Crippen LogP contribution in [0.1, 0.15) is 40.5 Å². The summed E-state index contributed by atoms with van der Waals surface area (Å²) in [6.45, 7) is 0.877. The summed E-state index contributed by atoms with van der Waals surface area (Å²) in [6.07, 6.45) is 1.58. The van der Waals surface area contributed by atoms with Gasteiger partial charge in [-0.3, -0.25) is 9.59 Å². The summed E-state index contributed by atoms with van der Waals surface area (Å²) in [4.78, 5) is 28.3. The Balaban J connectivity index is 1.33. The summed E-state index contributed by atoms with van der Waals surface area (Å²) in [6, 6.07) is 6.76. The van der Waals surface area contributed by atoms with Gasteiger partial charge in [0.25, 0.3) is 0 Å². The molecule has 2 aliphatic rings. The zero-order chi connectivity index (χ0) is 19.7. The third-order valence-electron chi connectivity index (χ3n) is 5.46. The second-order valence-corrected chi connectivity index (χ2v) is 8.21. The first-order valence-electron chi connectivity index (χ1n) is 9.35. The summed E-state index contributed by atoms with van der Waals surface area (Å²) < 4.78 is 27.2. The predicted molar refractivity (Wildman–Crippen MR) is 102 cm³/mol. The van der Waals surface area contributed by atoms with Crippen LogP contribution in [-0.4, -0.2) is 35.7 Å². The average molecular weight is 405 g/mol. The number of Topliss-reactive ketones (excluding diaryl/α,β-unsaturated/α-hetero) is 1. The third kappa shape index (κ3) is 3.85. The number of amides is 1. The Labute approximate surface area is 165 Å². The molecule has 0 spiro atoms. The van der Waals surface area contributed by atoms with E-state index in [4.69, 9.17) is 0 Å². The molecule has 8 heteroatoms. The minimum Gasteiger partial charge on any atom is -0.341 e. The molecular weight excluding hydrogens is 384 g/mol. The van der Waals surface area contributed by atoms with Gasteiger partial charge in [0.15, 0.2) is 5.78 Å². The van der Waals surface area contributed by atoms with Gasteiger partial charge in [-0.2, -0.15) is 0 Å². The minimum absolute atomic E-state index is 0.00870. The van der Waals surface area contributed by atoms with Gasteiger partial charge in [-0.25, -0.2) is 19.6 Å². The Morgan fingerprint density at radius 1 is 1.11 bits per heavy atom. The summed E-state index contributed by atoms with van der Waals surface area (Å²) >= 11 is 1.65. The lowest BCUT2D eigenvalue weighted by atomic mass is 9.88. The number of ketones is 1. The lowest BCUT2D eigenvalue weighted by Gasteiger charge is -2.33. The molecule has 2 saturated heterocycles. The number of piperidine rings is 1. The Hall–Kier alpha value is -2.16. The average Bonchev–Trinajstić information content (AvgIpc) is 3.40. The van der Waals surface area contributed by atoms with Crippen molar-refractivity contribution in [2.45, 2.75) is 31.3 Å². The van der Waals surface area contributed by atoms with Gasteiger partial charge < -0.3 is 4.90 Å². The Morgan fingerprint density at radius 2 is 1.89 bits per heavy atom. The van der Waals surface area contributed by atoms with E-state index in [0.717, 1.165) is 18.2 Å². The van der Waals surface area contributed by atoms with Crippen molar-refractivity contribution in [1.82, 2.24) is 15.8 Å². The number of hydrazine groups is 1. The maximum Gasteiger partial charge on any atom is 0.241 e. The minimum atomic E-state index is -0.703. The number of nitrogens with zero attached hydrogens (tertiary/aromatic N) is 1. The fourth-order valence-electron chi connectivity index (χ4n) is 3.88. The van der Waals surface area contributed by atoms with Gasteiger partial charge in [0.05, 0.1) is 11.6 Å². The van der Waals surface area contributed by atoms with Crippen LogP contribution in [0.15, 0.2) is 35.7 Å². The van der Waals surface area contributed by atoms with Crippen molar-refractivity contribution in [3.05, 3.63) is 57.8 Å². The van der Waals surface area contributed by atoms with E-state index in [2.05, 4.69) is 10.9 Å². The van der Waals surface area contributed by atoms with Crippen molar-refractivity contribution >= 4 is 23.0 Å². The summed E-state index contributed by atoms with van der Waals surface area (Å²) in [7, 11) is 0. The Kier molecular flexibility index (Phi) is 5.52. The fraction of sp³-hybridized carbons (Fsp3) is 0.400. The van der Waals surface area contributed by atoms with Crippen LogP contribution in [0, 0.1) is 17.6 Å². The molecule has 0 bridgehead atoms. The number of rotatable bonds is 4. The van der Waals surface area contributed by atoms with Crippen molar-refractivity contribution in [2.75, 3.05) is 13.1 Å². The topological polar surface area (TPSA) is 61.4 Å². The highest BCUT2D eigenvalue weighted by Gasteiger charge is 2.36. The number of hydrogen-bond acceptors (Lipinski definition) is 5. The van der Waals surface area contributed by atoms with Crippen molar-refractivity contribution in [2.24, 2.45) is 5.92 Å². The van der Waals surface area contributed by atoms with Gasteiger partial charge >= 0.3 is 0 Å². The van der Waals surface area contributed by atoms with E-state index in [0.29, 0.717) is 32.4 Å². The second kappa shape index (κ2) is 8.06. The van der Waals surface area contributed by atoms with Crippen molar-refractivity contribution in [3.8, 4) is 0 Å². The molecule has 1 aromatic heterocycles. The highest BCUT2D eigenvalue weighted by atomic mass is 32.1. The van der Waals surface area contributed by atoms with Crippen molar-refractivity contribution < 1.29 is 18.4 Å². The fourth-order valence-corrected chi connectivity index (χ4v) is 4.67. The smallest absolute Gasteiger partial charge is 0.241 e. The maximum absolute atomic E-state index is 13.9. The molecule has 3 heterocycles. The molecule has 2 atom stereocenters. The molecule has 1 amide bonds. The van der Waals surface area contributed by atoms with Gasteiger partial charge in [-0.15, -0.1) is 11.3 Å². The molecule has 5 nitrogen and oxygen atoms in total. The number of thiophene rings is 1. The lowest BCUT2D eigenvalue weighted by Crippen LogP contribution is -2.49. The standard InChI is InChI=1S/C20H21F2N3O2S/c21-13-3-4-15(22)14(10-13)19(26)12-5-7-25(8-6-12)20(27)17-11-16(23-24-17)18-2-1-9-28-18/h1-4,9-10,12,16-17,23-24H,5-8,11H2. The molecule has 0 saturated carbocycles. The molecular formula is C20H21F2N3O2S. The quantitative estimate of drug-likeness (QED) is 0.768. The summed E-state index contributed by atoms with van der Waals surface area (Å²) in [5.74, 6) is -2.10. The molecule has 2 N–H and O–H groups in total. The number of nitrogens with one attached hydrogen (secondary N) is 2. The number of hydrogen-bond donors (Lipinski definition) is 2. The van der Waals surface area contributed by atoms with Crippen LogP contribution < -0.4 is 10.9 Å². The molecule has 28 heavy (non-hydrogen) atoms. The first-order valence-corrected chi connectivity index (χ1v) is 10.2. The second-order valence-electron chi connectivity index (χ2n) is 7.23. The molecule has 148 valence electrons. The molecule has 4 rings (SSSR count). The van der Waals surface area contributed by atoms with Crippen LogP contribution in [0.2, 0.25) is 0 Å². The van der Waals surface area contributed by atoms with Crippen molar-refractivity contribution in [3.63, 3.8) is 0 Å².